The van der Waals surface area contributed by atoms with Gasteiger partial charge in [0.1, 0.15) is 12.3 Å². The molecule has 0 fully saturated rings. The Balaban J connectivity index is 1.84. The normalized spacial score (nSPS) is 11.0. The summed E-state index contributed by atoms with van der Waals surface area (Å²) in [5.41, 5.74) is 1.27. The molecule has 0 radical (unpaired) electrons. The Morgan fingerprint density at radius 1 is 1.03 bits per heavy atom. The van der Waals surface area contributed by atoms with E-state index in [4.69, 9.17) is 32.7 Å². The van der Waals surface area contributed by atoms with Crippen molar-refractivity contribution in [1.82, 2.24) is 5.32 Å². The molecule has 0 unspecified atom stereocenters. The molecule has 8 heteroatoms. The number of carbonyl (C=O) groups is 2. The molecule has 3 rings (SSSR count). The van der Waals surface area contributed by atoms with E-state index in [1.165, 1.54) is 19.3 Å². The lowest BCUT2D eigenvalue weighted by Gasteiger charge is -2.14. The molecule has 164 valence electrons. The molecule has 1 amide bonds. The van der Waals surface area contributed by atoms with E-state index in [0.29, 0.717) is 27.6 Å². The Labute approximate surface area is 195 Å². The highest BCUT2D eigenvalue weighted by atomic mass is 35.5. The number of hydrogen-bond donors (Lipinski definition) is 2. The molecule has 32 heavy (non-hydrogen) atoms. The van der Waals surface area contributed by atoms with Gasteiger partial charge in [-0.05, 0) is 53.6 Å². The lowest BCUT2D eigenvalue weighted by atomic mass is 10.1. The third-order valence-electron chi connectivity index (χ3n) is 4.35. The first-order valence-electron chi connectivity index (χ1n) is 9.43. The molecule has 0 heterocycles. The van der Waals surface area contributed by atoms with Crippen LogP contribution in [0, 0.1) is 0 Å². The zero-order chi connectivity index (χ0) is 23.1. The van der Waals surface area contributed by atoms with Crippen molar-refractivity contribution >= 4 is 41.2 Å². The van der Waals surface area contributed by atoms with Gasteiger partial charge in [0.25, 0.3) is 5.91 Å². The summed E-state index contributed by atoms with van der Waals surface area (Å²) < 4.78 is 11.2. The maximum Gasteiger partial charge on any atom is 0.352 e. The van der Waals surface area contributed by atoms with E-state index in [2.05, 4.69) is 5.32 Å². The molecule has 0 bridgehead atoms. The van der Waals surface area contributed by atoms with Gasteiger partial charge < -0.3 is 19.9 Å². The van der Waals surface area contributed by atoms with Crippen LogP contribution < -0.4 is 14.8 Å². The molecule has 0 saturated carbocycles. The molecule has 0 aliphatic heterocycles. The fourth-order valence-corrected chi connectivity index (χ4v) is 3.33. The maximum atomic E-state index is 12.3. The number of carbonyl (C=O) groups excluding carboxylic acids is 1. The molecule has 6 nitrogen and oxygen atoms in total. The minimum atomic E-state index is -1.30. The molecule has 0 saturated heterocycles. The Morgan fingerprint density at radius 2 is 1.78 bits per heavy atom. The third kappa shape index (κ3) is 6.03. The average molecular weight is 472 g/mol. The molecular weight excluding hydrogens is 453 g/mol. The highest BCUT2D eigenvalue weighted by Crippen LogP contribution is 2.37. The number of rotatable bonds is 8. The van der Waals surface area contributed by atoms with Crippen LogP contribution in [0.4, 0.5) is 0 Å². The van der Waals surface area contributed by atoms with Crippen LogP contribution in [0.1, 0.15) is 21.5 Å². The Kier molecular flexibility index (Phi) is 7.76. The number of carboxylic acid groups (broad SMARTS) is 1. The van der Waals surface area contributed by atoms with Gasteiger partial charge in [-0.1, -0.05) is 53.5 Å². The van der Waals surface area contributed by atoms with E-state index in [9.17, 15) is 14.7 Å². The van der Waals surface area contributed by atoms with Crippen molar-refractivity contribution in [1.29, 1.82) is 0 Å². The molecule has 0 aliphatic rings. The molecule has 0 aromatic heterocycles. The van der Waals surface area contributed by atoms with Gasteiger partial charge in [0, 0.05) is 10.6 Å². The second-order valence-electron chi connectivity index (χ2n) is 6.64. The van der Waals surface area contributed by atoms with Crippen molar-refractivity contribution in [2.24, 2.45) is 0 Å². The predicted molar refractivity (Wildman–Crippen MR) is 123 cm³/mol. The summed E-state index contributed by atoms with van der Waals surface area (Å²) in [4.78, 5) is 24.0. The number of hydrogen-bond acceptors (Lipinski definition) is 4. The van der Waals surface area contributed by atoms with Crippen molar-refractivity contribution in [2.45, 2.75) is 6.61 Å². The van der Waals surface area contributed by atoms with Gasteiger partial charge in [0.2, 0.25) is 0 Å². The lowest BCUT2D eigenvalue weighted by molar-refractivity contribution is -0.132. The molecule has 3 aromatic rings. The Hall–Kier alpha value is -3.48. The number of amides is 1. The van der Waals surface area contributed by atoms with Crippen LogP contribution in [0.5, 0.6) is 11.5 Å². The Morgan fingerprint density at radius 3 is 2.44 bits per heavy atom. The third-order valence-corrected chi connectivity index (χ3v) is 4.87. The van der Waals surface area contributed by atoms with E-state index in [0.717, 1.165) is 5.56 Å². The fraction of sp³-hybridized carbons (Fsp3) is 0.0833. The number of aliphatic carboxylic acids is 1. The van der Waals surface area contributed by atoms with Gasteiger partial charge >= 0.3 is 5.97 Å². The van der Waals surface area contributed by atoms with Gasteiger partial charge in [-0.2, -0.15) is 0 Å². The van der Waals surface area contributed by atoms with Crippen LogP contribution in [0.15, 0.2) is 72.4 Å². The highest BCUT2D eigenvalue weighted by molar-refractivity contribution is 6.32. The smallest absolute Gasteiger partial charge is 0.352 e. The van der Waals surface area contributed by atoms with Crippen LogP contribution in [0.25, 0.3) is 6.08 Å². The van der Waals surface area contributed by atoms with Crippen LogP contribution >= 0.6 is 23.2 Å². The number of carboxylic acids is 1. The summed E-state index contributed by atoms with van der Waals surface area (Å²) in [6.07, 6.45) is 1.29. The second-order valence-corrected chi connectivity index (χ2v) is 7.48. The first-order chi connectivity index (χ1) is 15.4. The zero-order valence-corrected chi connectivity index (χ0v) is 18.5. The van der Waals surface area contributed by atoms with Gasteiger partial charge in [-0.15, -0.1) is 0 Å². The van der Waals surface area contributed by atoms with E-state index in [-0.39, 0.29) is 17.3 Å². The van der Waals surface area contributed by atoms with Crippen LogP contribution in [-0.2, 0) is 11.4 Å². The van der Waals surface area contributed by atoms with Crippen molar-refractivity contribution in [3.8, 4) is 11.5 Å². The first-order valence-corrected chi connectivity index (χ1v) is 10.2. The first kappa shape index (κ1) is 23.2. The molecule has 0 aliphatic carbocycles. The van der Waals surface area contributed by atoms with Gasteiger partial charge in [0.15, 0.2) is 11.5 Å². The highest BCUT2D eigenvalue weighted by Gasteiger charge is 2.16. The van der Waals surface area contributed by atoms with E-state index >= 15 is 0 Å². The van der Waals surface area contributed by atoms with E-state index in [1.807, 2.05) is 12.1 Å². The number of ether oxygens (including phenoxy) is 2. The van der Waals surface area contributed by atoms with Crippen molar-refractivity contribution in [2.75, 3.05) is 7.11 Å². The summed E-state index contributed by atoms with van der Waals surface area (Å²) in [5, 5.41) is 12.7. The summed E-state index contributed by atoms with van der Waals surface area (Å²) in [6, 6.07) is 18.6. The average Bonchev–Trinajstić information content (AvgIpc) is 2.78. The minimum absolute atomic E-state index is 0.208. The van der Waals surface area contributed by atoms with Gasteiger partial charge in [0.05, 0.1) is 12.1 Å². The quantitative estimate of drug-likeness (QED) is 0.427. The monoisotopic (exact) mass is 471 g/mol. The number of benzene rings is 3. The van der Waals surface area contributed by atoms with Gasteiger partial charge in [-0.25, -0.2) is 4.79 Å². The summed E-state index contributed by atoms with van der Waals surface area (Å²) >= 11 is 12.4. The zero-order valence-electron chi connectivity index (χ0n) is 17.0. The van der Waals surface area contributed by atoms with Crippen molar-refractivity contribution in [3.05, 3.63) is 99.2 Å². The number of nitrogens with one attached hydrogen (secondary N) is 1. The molecule has 0 spiro atoms. The van der Waals surface area contributed by atoms with E-state index in [1.54, 1.807) is 48.5 Å². The standard InChI is InChI=1S/C24H19Cl2NO5/c1-31-21-13-16(11-19(26)22(21)32-14-15-6-5-9-18(25)10-15)12-20(24(29)30)27-23(28)17-7-3-2-4-8-17/h2-13H,14H2,1H3,(H,27,28)(H,29,30). The Bertz CT molecular complexity index is 1160. The summed E-state index contributed by atoms with van der Waals surface area (Å²) in [7, 11) is 1.45. The van der Waals surface area contributed by atoms with Crippen molar-refractivity contribution in [3.63, 3.8) is 0 Å². The number of halogens is 2. The minimum Gasteiger partial charge on any atom is -0.493 e. The van der Waals surface area contributed by atoms with Crippen LogP contribution in [-0.4, -0.2) is 24.1 Å². The molecule has 2 N–H and O–H groups in total. The van der Waals surface area contributed by atoms with Crippen LogP contribution in [0.3, 0.4) is 0 Å². The summed E-state index contributed by atoms with van der Waals surface area (Å²) in [6.45, 7) is 0.208. The maximum absolute atomic E-state index is 12.3. The number of methoxy groups -OCH3 is 1. The van der Waals surface area contributed by atoms with E-state index < -0.39 is 11.9 Å². The largest absolute Gasteiger partial charge is 0.493 e. The molecule has 0 atom stereocenters. The molecule has 3 aromatic carbocycles. The SMILES string of the molecule is COc1cc(C=C(NC(=O)c2ccccc2)C(=O)O)cc(Cl)c1OCc1cccc(Cl)c1. The summed E-state index contributed by atoms with van der Waals surface area (Å²) in [5.74, 6) is -1.23. The second kappa shape index (κ2) is 10.7. The fourth-order valence-electron chi connectivity index (χ4n) is 2.85. The lowest BCUT2D eigenvalue weighted by Crippen LogP contribution is -2.27. The molecular formula is C24H19Cl2NO5. The van der Waals surface area contributed by atoms with Gasteiger partial charge in [-0.3, -0.25) is 4.79 Å². The topological polar surface area (TPSA) is 84.9 Å². The van der Waals surface area contributed by atoms with Crippen LogP contribution in [0.2, 0.25) is 10.0 Å². The predicted octanol–water partition coefficient (Wildman–Crippen LogP) is 5.44. The van der Waals surface area contributed by atoms with Crippen molar-refractivity contribution < 1.29 is 24.2 Å².